The fourth-order valence-corrected chi connectivity index (χ4v) is 1.59. The zero-order chi connectivity index (χ0) is 13.7. The van der Waals surface area contributed by atoms with Gasteiger partial charge in [-0.25, -0.2) is 0 Å². The second-order valence-electron chi connectivity index (χ2n) is 4.08. The minimum Gasteiger partial charge on any atom is -0.258 e. The van der Waals surface area contributed by atoms with Crippen LogP contribution in [0.4, 0.5) is 11.4 Å². The fourth-order valence-electron chi connectivity index (χ4n) is 1.59. The summed E-state index contributed by atoms with van der Waals surface area (Å²) in [6, 6.07) is 15.8. The van der Waals surface area contributed by atoms with Gasteiger partial charge in [-0.3, -0.25) is 10.1 Å². The van der Waals surface area contributed by atoms with E-state index in [1.807, 2.05) is 37.3 Å². The van der Waals surface area contributed by atoms with Crippen molar-refractivity contribution in [3.63, 3.8) is 0 Å². The Bertz CT molecular complexity index is 579. The van der Waals surface area contributed by atoms with Crippen molar-refractivity contribution in [3.05, 3.63) is 70.3 Å². The molecule has 0 aliphatic carbocycles. The molecular formula is C14H13N3O2. The number of rotatable bonds is 4. The van der Waals surface area contributed by atoms with E-state index in [0.717, 1.165) is 5.56 Å². The number of nitrogens with zero attached hydrogens (tertiary/aromatic N) is 3. The van der Waals surface area contributed by atoms with Gasteiger partial charge in [0.25, 0.3) is 5.69 Å². The third-order valence-electron chi connectivity index (χ3n) is 2.69. The average molecular weight is 255 g/mol. The third kappa shape index (κ3) is 3.45. The summed E-state index contributed by atoms with van der Waals surface area (Å²) in [6.07, 6.45) is 0. The molecule has 0 aromatic heterocycles. The number of non-ortho nitro benzene ring substituents is 1. The Kier molecular flexibility index (Phi) is 3.97. The Balaban J connectivity index is 2.08. The van der Waals surface area contributed by atoms with Crippen LogP contribution in [0.3, 0.4) is 0 Å². The summed E-state index contributed by atoms with van der Waals surface area (Å²) >= 11 is 0. The van der Waals surface area contributed by atoms with Gasteiger partial charge in [-0.15, -0.1) is 0 Å². The molecule has 5 nitrogen and oxygen atoms in total. The lowest BCUT2D eigenvalue weighted by Gasteiger charge is -2.04. The largest absolute Gasteiger partial charge is 0.269 e. The molecule has 0 saturated heterocycles. The van der Waals surface area contributed by atoms with Crippen molar-refractivity contribution in [2.75, 3.05) is 0 Å². The van der Waals surface area contributed by atoms with Crippen molar-refractivity contribution < 1.29 is 4.92 Å². The van der Waals surface area contributed by atoms with Crippen LogP contribution in [0, 0.1) is 10.1 Å². The minimum atomic E-state index is -0.437. The van der Waals surface area contributed by atoms with Gasteiger partial charge < -0.3 is 0 Å². The molecular weight excluding hydrogens is 242 g/mol. The van der Waals surface area contributed by atoms with Gasteiger partial charge in [0, 0.05) is 12.1 Å². The monoisotopic (exact) mass is 255 g/mol. The van der Waals surface area contributed by atoms with E-state index in [2.05, 4.69) is 10.2 Å². The van der Waals surface area contributed by atoms with E-state index < -0.39 is 4.92 Å². The summed E-state index contributed by atoms with van der Waals surface area (Å²) in [5.41, 5.74) is 1.73. The highest BCUT2D eigenvalue weighted by Crippen LogP contribution is 2.22. The molecule has 2 aromatic carbocycles. The maximum absolute atomic E-state index is 10.5. The van der Waals surface area contributed by atoms with E-state index >= 15 is 0 Å². The van der Waals surface area contributed by atoms with Gasteiger partial charge in [-0.1, -0.05) is 30.3 Å². The van der Waals surface area contributed by atoms with Crippen molar-refractivity contribution in [3.8, 4) is 0 Å². The van der Waals surface area contributed by atoms with Gasteiger partial charge in [-0.05, 0) is 24.6 Å². The average Bonchev–Trinajstić information content (AvgIpc) is 2.46. The molecule has 0 aliphatic heterocycles. The second-order valence-corrected chi connectivity index (χ2v) is 4.08. The van der Waals surface area contributed by atoms with E-state index in [0.29, 0.717) is 5.69 Å². The quantitative estimate of drug-likeness (QED) is 0.460. The van der Waals surface area contributed by atoms with Crippen molar-refractivity contribution in [1.82, 2.24) is 0 Å². The smallest absolute Gasteiger partial charge is 0.258 e. The molecule has 0 N–H and O–H groups in total. The first kappa shape index (κ1) is 12.9. The molecule has 0 amide bonds. The number of hydrogen-bond acceptors (Lipinski definition) is 4. The van der Waals surface area contributed by atoms with Crippen molar-refractivity contribution in [1.29, 1.82) is 0 Å². The molecule has 0 heterocycles. The van der Waals surface area contributed by atoms with Crippen LogP contribution in [-0.2, 0) is 0 Å². The molecule has 2 aromatic rings. The predicted octanol–water partition coefficient (Wildman–Crippen LogP) is 4.44. The Morgan fingerprint density at radius 1 is 1.05 bits per heavy atom. The Morgan fingerprint density at radius 2 is 1.68 bits per heavy atom. The van der Waals surface area contributed by atoms with Crippen molar-refractivity contribution in [2.24, 2.45) is 10.2 Å². The summed E-state index contributed by atoms with van der Waals surface area (Å²) in [4.78, 5) is 10.1. The SMILES string of the molecule is CC(N=Nc1ccc([N+](=O)[O-])cc1)c1ccccc1. The lowest BCUT2D eigenvalue weighted by Crippen LogP contribution is -1.87. The maximum atomic E-state index is 10.5. The van der Waals surface area contributed by atoms with Crippen LogP contribution in [-0.4, -0.2) is 4.92 Å². The van der Waals surface area contributed by atoms with E-state index in [-0.39, 0.29) is 11.7 Å². The summed E-state index contributed by atoms with van der Waals surface area (Å²) in [7, 11) is 0. The first-order valence-electron chi connectivity index (χ1n) is 5.87. The van der Waals surface area contributed by atoms with Crippen LogP contribution < -0.4 is 0 Å². The molecule has 0 bridgehead atoms. The van der Waals surface area contributed by atoms with Gasteiger partial charge in [0.15, 0.2) is 0 Å². The number of nitro groups is 1. The van der Waals surface area contributed by atoms with Crippen LogP contribution in [0.2, 0.25) is 0 Å². The van der Waals surface area contributed by atoms with Gasteiger partial charge >= 0.3 is 0 Å². The highest BCUT2D eigenvalue weighted by atomic mass is 16.6. The van der Waals surface area contributed by atoms with Crippen LogP contribution in [0.1, 0.15) is 18.5 Å². The zero-order valence-corrected chi connectivity index (χ0v) is 10.4. The van der Waals surface area contributed by atoms with Crippen molar-refractivity contribution in [2.45, 2.75) is 13.0 Å². The molecule has 5 heteroatoms. The molecule has 0 spiro atoms. The Hall–Kier alpha value is -2.56. The number of azo groups is 1. The Morgan fingerprint density at radius 3 is 2.26 bits per heavy atom. The lowest BCUT2D eigenvalue weighted by molar-refractivity contribution is -0.384. The lowest BCUT2D eigenvalue weighted by atomic mass is 10.1. The molecule has 0 aliphatic rings. The summed E-state index contributed by atoms with van der Waals surface area (Å²) in [6.45, 7) is 1.95. The first-order chi connectivity index (χ1) is 9.16. The van der Waals surface area contributed by atoms with E-state index in [9.17, 15) is 10.1 Å². The van der Waals surface area contributed by atoms with Crippen LogP contribution in [0.15, 0.2) is 64.8 Å². The van der Waals surface area contributed by atoms with E-state index in [1.54, 1.807) is 12.1 Å². The van der Waals surface area contributed by atoms with E-state index in [1.165, 1.54) is 12.1 Å². The molecule has 2 rings (SSSR count). The number of benzene rings is 2. The Labute approximate surface area is 110 Å². The summed E-state index contributed by atoms with van der Waals surface area (Å²) in [5.74, 6) is 0. The van der Waals surface area contributed by atoms with Crippen molar-refractivity contribution >= 4 is 11.4 Å². The maximum Gasteiger partial charge on any atom is 0.269 e. The molecule has 1 atom stereocenters. The topological polar surface area (TPSA) is 67.9 Å². The van der Waals surface area contributed by atoms with Gasteiger partial charge in [0.05, 0.1) is 16.7 Å². The third-order valence-corrected chi connectivity index (χ3v) is 2.69. The molecule has 1 unspecified atom stereocenters. The number of hydrogen-bond donors (Lipinski definition) is 0. The highest BCUT2D eigenvalue weighted by Gasteiger charge is 2.04. The minimum absolute atomic E-state index is 0.0450. The highest BCUT2D eigenvalue weighted by molar-refractivity contribution is 5.43. The molecule has 0 saturated carbocycles. The standard InChI is InChI=1S/C14H13N3O2/c1-11(12-5-3-2-4-6-12)15-16-13-7-9-14(10-8-13)17(18)19/h2-11H,1H3. The molecule has 19 heavy (non-hydrogen) atoms. The van der Waals surface area contributed by atoms with Gasteiger partial charge in [-0.2, -0.15) is 10.2 Å². The van der Waals surface area contributed by atoms with Crippen LogP contribution in [0.5, 0.6) is 0 Å². The van der Waals surface area contributed by atoms with Crippen LogP contribution >= 0.6 is 0 Å². The molecule has 96 valence electrons. The molecule has 0 radical (unpaired) electrons. The molecule has 0 fully saturated rings. The predicted molar refractivity (Wildman–Crippen MR) is 72.5 cm³/mol. The first-order valence-corrected chi connectivity index (χ1v) is 5.87. The van der Waals surface area contributed by atoms with Crippen LogP contribution in [0.25, 0.3) is 0 Å². The van der Waals surface area contributed by atoms with Gasteiger partial charge in [0.2, 0.25) is 0 Å². The normalized spacial score (nSPS) is 12.5. The van der Waals surface area contributed by atoms with Gasteiger partial charge in [0.1, 0.15) is 0 Å². The summed E-state index contributed by atoms with van der Waals surface area (Å²) < 4.78 is 0. The fraction of sp³-hybridized carbons (Fsp3) is 0.143. The van der Waals surface area contributed by atoms with E-state index in [4.69, 9.17) is 0 Å². The zero-order valence-electron chi connectivity index (χ0n) is 10.4. The second kappa shape index (κ2) is 5.86. The summed E-state index contributed by atoms with van der Waals surface area (Å²) in [5, 5.41) is 18.8. The number of nitro benzene ring substituents is 1.